The molecule has 0 aliphatic carbocycles. The molecule has 0 aromatic heterocycles. The molecule has 2 aromatic rings. The number of benzene rings is 2. The van der Waals surface area contributed by atoms with Gasteiger partial charge in [-0.15, -0.1) is 5.01 Å². The number of amides is 3. The van der Waals surface area contributed by atoms with Gasteiger partial charge in [0.05, 0.1) is 13.3 Å². The summed E-state index contributed by atoms with van der Waals surface area (Å²) < 4.78 is 18.3. The van der Waals surface area contributed by atoms with E-state index in [0.29, 0.717) is 16.9 Å². The Morgan fingerprint density at radius 1 is 1.20 bits per heavy atom. The van der Waals surface area contributed by atoms with Gasteiger partial charge in [0, 0.05) is 0 Å². The van der Waals surface area contributed by atoms with Gasteiger partial charge >= 0.3 is 6.03 Å². The summed E-state index contributed by atoms with van der Waals surface area (Å²) >= 11 is 0. The number of halogens is 1. The number of methoxy groups -OCH3 is 1. The fourth-order valence-electron chi connectivity index (χ4n) is 2.56. The number of ether oxygens (including phenoxy) is 1. The second-order valence-corrected chi connectivity index (χ2v) is 5.70. The van der Waals surface area contributed by atoms with Gasteiger partial charge in [-0.3, -0.25) is 4.79 Å². The van der Waals surface area contributed by atoms with Gasteiger partial charge in [0.2, 0.25) is 0 Å². The molecule has 25 heavy (non-hydrogen) atoms. The lowest BCUT2D eigenvalue weighted by molar-refractivity contribution is -0.131. The first-order valence-electron chi connectivity index (χ1n) is 7.55. The summed E-state index contributed by atoms with van der Waals surface area (Å²) in [4.78, 5) is 24.9. The monoisotopic (exact) mass is 341 g/mol. The Morgan fingerprint density at radius 3 is 2.56 bits per heavy atom. The van der Waals surface area contributed by atoms with Crippen LogP contribution in [-0.2, 0) is 10.3 Å². The summed E-state index contributed by atoms with van der Waals surface area (Å²) in [6, 6.07) is 11.9. The Kier molecular flexibility index (Phi) is 4.22. The Labute approximate surface area is 143 Å². The van der Waals surface area contributed by atoms with E-state index in [1.54, 1.807) is 44.4 Å². The standard InChI is InChI=1S/C18H16FN3O3/c1-18(13-6-8-15(25-2)9-7-13)16(23)22(17(24)21-18)20-11-12-4-3-5-14(19)10-12/h3-11H,1-2H3,(H,21,24)/t18-/m0/s1. The van der Waals surface area contributed by atoms with Crippen molar-refractivity contribution in [3.05, 3.63) is 65.5 Å². The molecule has 1 aliphatic rings. The van der Waals surface area contributed by atoms with Crippen LogP contribution in [0.3, 0.4) is 0 Å². The Morgan fingerprint density at radius 2 is 1.92 bits per heavy atom. The molecule has 1 aliphatic heterocycles. The quantitative estimate of drug-likeness (QED) is 0.686. The predicted molar refractivity (Wildman–Crippen MR) is 89.7 cm³/mol. The maximum absolute atomic E-state index is 13.2. The highest BCUT2D eigenvalue weighted by Crippen LogP contribution is 2.30. The van der Waals surface area contributed by atoms with Crippen LogP contribution < -0.4 is 10.1 Å². The largest absolute Gasteiger partial charge is 0.497 e. The molecule has 0 bridgehead atoms. The van der Waals surface area contributed by atoms with Gasteiger partial charge in [-0.05, 0) is 42.3 Å². The van der Waals surface area contributed by atoms with E-state index in [2.05, 4.69) is 10.4 Å². The molecule has 2 aromatic carbocycles. The smallest absolute Gasteiger partial charge is 0.346 e. The van der Waals surface area contributed by atoms with Crippen LogP contribution in [0.25, 0.3) is 0 Å². The Hall–Kier alpha value is -3.22. The maximum Gasteiger partial charge on any atom is 0.346 e. The molecular formula is C18H16FN3O3. The zero-order chi connectivity index (χ0) is 18.0. The summed E-state index contributed by atoms with van der Waals surface area (Å²) in [5, 5.41) is 7.29. The van der Waals surface area contributed by atoms with Crippen LogP contribution in [0.15, 0.2) is 53.6 Å². The minimum absolute atomic E-state index is 0.427. The van der Waals surface area contributed by atoms with Gasteiger partial charge in [0.1, 0.15) is 17.1 Å². The van der Waals surface area contributed by atoms with Crippen molar-refractivity contribution in [3.8, 4) is 5.75 Å². The van der Waals surface area contributed by atoms with Crippen molar-refractivity contribution in [1.29, 1.82) is 0 Å². The van der Waals surface area contributed by atoms with E-state index in [1.807, 2.05) is 0 Å². The first kappa shape index (κ1) is 16.6. The summed E-state index contributed by atoms with van der Waals surface area (Å²) in [6.45, 7) is 1.60. The van der Waals surface area contributed by atoms with Crippen LogP contribution in [0.1, 0.15) is 18.1 Å². The third-order valence-electron chi connectivity index (χ3n) is 4.01. The molecule has 1 N–H and O–H groups in total. The van der Waals surface area contributed by atoms with Crippen LogP contribution in [0.4, 0.5) is 9.18 Å². The van der Waals surface area contributed by atoms with Crippen molar-refractivity contribution in [2.24, 2.45) is 5.10 Å². The van der Waals surface area contributed by atoms with Crippen molar-refractivity contribution < 1.29 is 18.7 Å². The number of urea groups is 1. The third kappa shape index (κ3) is 3.08. The van der Waals surface area contributed by atoms with E-state index in [0.717, 1.165) is 5.01 Å². The van der Waals surface area contributed by atoms with Crippen molar-refractivity contribution in [2.75, 3.05) is 7.11 Å². The van der Waals surface area contributed by atoms with Gasteiger partial charge < -0.3 is 10.1 Å². The number of carbonyl (C=O) groups excluding carboxylic acids is 2. The molecule has 1 fully saturated rings. The average Bonchev–Trinajstić information content (AvgIpc) is 2.83. The zero-order valence-corrected chi connectivity index (χ0v) is 13.7. The molecule has 1 atom stereocenters. The van der Waals surface area contributed by atoms with Gasteiger partial charge in [0.15, 0.2) is 0 Å². The van der Waals surface area contributed by atoms with E-state index >= 15 is 0 Å². The van der Waals surface area contributed by atoms with Crippen LogP contribution in [0.5, 0.6) is 5.75 Å². The summed E-state index contributed by atoms with van der Waals surface area (Å²) in [6.07, 6.45) is 1.26. The number of nitrogens with one attached hydrogen (secondary N) is 1. The van der Waals surface area contributed by atoms with Gasteiger partial charge in [-0.25, -0.2) is 9.18 Å². The number of rotatable bonds is 4. The minimum Gasteiger partial charge on any atom is -0.497 e. The van der Waals surface area contributed by atoms with Crippen molar-refractivity contribution in [2.45, 2.75) is 12.5 Å². The van der Waals surface area contributed by atoms with Gasteiger partial charge in [-0.1, -0.05) is 24.3 Å². The predicted octanol–water partition coefficient (Wildman–Crippen LogP) is 2.64. The number of hydrazone groups is 1. The first-order chi connectivity index (χ1) is 11.9. The van der Waals surface area contributed by atoms with E-state index in [-0.39, 0.29) is 0 Å². The molecule has 3 rings (SSSR count). The number of nitrogens with zero attached hydrogens (tertiary/aromatic N) is 2. The molecular weight excluding hydrogens is 325 g/mol. The van der Waals surface area contributed by atoms with E-state index < -0.39 is 23.3 Å². The van der Waals surface area contributed by atoms with E-state index in [1.165, 1.54) is 24.4 Å². The number of hydrogen-bond donors (Lipinski definition) is 1. The Bertz CT molecular complexity index is 851. The van der Waals surface area contributed by atoms with Crippen LogP contribution >= 0.6 is 0 Å². The molecule has 1 heterocycles. The van der Waals surface area contributed by atoms with Crippen LogP contribution in [-0.4, -0.2) is 30.3 Å². The fraction of sp³-hybridized carbons (Fsp3) is 0.167. The lowest BCUT2D eigenvalue weighted by Gasteiger charge is -2.21. The van der Waals surface area contributed by atoms with Crippen LogP contribution in [0.2, 0.25) is 0 Å². The lowest BCUT2D eigenvalue weighted by atomic mass is 9.92. The summed E-state index contributed by atoms with van der Waals surface area (Å²) in [5.74, 6) is -0.301. The van der Waals surface area contributed by atoms with Gasteiger partial charge in [0.25, 0.3) is 5.91 Å². The first-order valence-corrected chi connectivity index (χ1v) is 7.55. The molecule has 1 saturated heterocycles. The fourth-order valence-corrected chi connectivity index (χ4v) is 2.56. The van der Waals surface area contributed by atoms with Gasteiger partial charge in [-0.2, -0.15) is 5.10 Å². The average molecular weight is 341 g/mol. The maximum atomic E-state index is 13.2. The number of carbonyl (C=O) groups is 2. The summed E-state index contributed by atoms with van der Waals surface area (Å²) in [5.41, 5.74) is -0.184. The minimum atomic E-state index is -1.23. The highest BCUT2D eigenvalue weighted by atomic mass is 19.1. The molecule has 3 amide bonds. The molecule has 128 valence electrons. The highest BCUT2D eigenvalue weighted by molar-refractivity contribution is 6.07. The van der Waals surface area contributed by atoms with Crippen molar-refractivity contribution in [3.63, 3.8) is 0 Å². The molecule has 0 unspecified atom stereocenters. The molecule has 7 heteroatoms. The second kappa shape index (κ2) is 6.35. The van der Waals surface area contributed by atoms with Crippen LogP contribution in [0, 0.1) is 5.82 Å². The van der Waals surface area contributed by atoms with E-state index in [9.17, 15) is 14.0 Å². The third-order valence-corrected chi connectivity index (χ3v) is 4.01. The second-order valence-electron chi connectivity index (χ2n) is 5.70. The number of imide groups is 1. The lowest BCUT2D eigenvalue weighted by Crippen LogP contribution is -2.40. The SMILES string of the molecule is COc1ccc([C@]2(C)NC(=O)N(N=Cc3cccc(F)c3)C2=O)cc1. The van der Waals surface area contributed by atoms with E-state index in [4.69, 9.17) is 4.74 Å². The highest BCUT2D eigenvalue weighted by Gasteiger charge is 2.49. The molecule has 6 nitrogen and oxygen atoms in total. The van der Waals surface area contributed by atoms with Crippen molar-refractivity contribution >= 4 is 18.2 Å². The normalized spacial score (nSPS) is 20.2. The molecule has 0 spiro atoms. The number of hydrogen-bond acceptors (Lipinski definition) is 4. The molecule has 0 radical (unpaired) electrons. The summed E-state index contributed by atoms with van der Waals surface area (Å²) in [7, 11) is 1.54. The zero-order valence-electron chi connectivity index (χ0n) is 13.7. The molecule has 0 saturated carbocycles. The Balaban J connectivity index is 1.86. The topological polar surface area (TPSA) is 71.0 Å². The van der Waals surface area contributed by atoms with Crippen molar-refractivity contribution in [1.82, 2.24) is 10.3 Å².